The van der Waals surface area contributed by atoms with Gasteiger partial charge in [-0.3, -0.25) is 9.38 Å². The average molecular weight is 524 g/mol. The van der Waals surface area contributed by atoms with Gasteiger partial charge in [0.1, 0.15) is 11.2 Å². The number of hydrogen-bond donors (Lipinski definition) is 0. The third kappa shape index (κ3) is 2.68. The molecular weight excluding hydrogens is 502 g/mol. The molecule has 4 aromatic carbocycles. The van der Waals surface area contributed by atoms with Crippen LogP contribution in [0, 0.1) is 0 Å². The van der Waals surface area contributed by atoms with Gasteiger partial charge in [-0.2, -0.15) is 0 Å². The maximum Gasteiger partial charge on any atom is 0.165 e. The predicted octanol–water partition coefficient (Wildman–Crippen LogP) is 8.25. The van der Waals surface area contributed by atoms with Crippen molar-refractivity contribution in [2.45, 2.75) is 6.42 Å². The fourth-order valence-corrected chi connectivity index (χ4v) is 7.14. The smallest absolute Gasteiger partial charge is 0.165 e. The molecule has 0 bridgehead atoms. The van der Waals surface area contributed by atoms with Crippen LogP contribution in [0.1, 0.15) is 11.1 Å². The molecule has 5 heterocycles. The Hall–Kier alpha value is -5.55. The highest BCUT2D eigenvalue weighted by Crippen LogP contribution is 2.45. The van der Waals surface area contributed by atoms with E-state index in [1.54, 1.807) is 0 Å². The first kappa shape index (κ1) is 21.3. The van der Waals surface area contributed by atoms with Crippen molar-refractivity contribution in [1.29, 1.82) is 0 Å². The number of nitrogens with zero attached hydrogens (tertiary/aromatic N) is 5. The highest BCUT2D eigenvalue weighted by atomic mass is 15.1. The minimum absolute atomic E-state index is 0.848. The van der Waals surface area contributed by atoms with Crippen molar-refractivity contribution in [1.82, 2.24) is 23.9 Å². The molecule has 0 atom stereocenters. The van der Waals surface area contributed by atoms with Crippen LogP contribution in [0.5, 0.6) is 0 Å². The minimum Gasteiger partial charge on any atom is -0.309 e. The van der Waals surface area contributed by atoms with E-state index in [2.05, 4.69) is 98.9 Å². The summed E-state index contributed by atoms with van der Waals surface area (Å²) in [7, 11) is 0. The lowest BCUT2D eigenvalue weighted by atomic mass is 10.0. The zero-order valence-corrected chi connectivity index (χ0v) is 21.9. The maximum absolute atomic E-state index is 5.10. The summed E-state index contributed by atoms with van der Waals surface area (Å²) in [6.45, 7) is 0. The lowest BCUT2D eigenvalue weighted by Crippen LogP contribution is -1.97. The Morgan fingerprint density at radius 2 is 1.49 bits per heavy atom. The minimum atomic E-state index is 0.848. The summed E-state index contributed by atoms with van der Waals surface area (Å²) in [5, 5.41) is 5.94. The lowest BCUT2D eigenvalue weighted by molar-refractivity contribution is 1.18. The van der Waals surface area contributed by atoms with E-state index in [1.165, 1.54) is 49.4 Å². The third-order valence-corrected chi connectivity index (χ3v) is 8.82. The van der Waals surface area contributed by atoms with E-state index >= 15 is 0 Å². The zero-order chi connectivity index (χ0) is 26.7. The summed E-state index contributed by atoms with van der Waals surface area (Å²) in [5.74, 6) is 0. The molecule has 1 aliphatic carbocycles. The Morgan fingerprint density at radius 3 is 2.44 bits per heavy atom. The van der Waals surface area contributed by atoms with Gasteiger partial charge in [0, 0.05) is 45.0 Å². The maximum atomic E-state index is 5.10. The Bertz CT molecular complexity index is 2550. The molecule has 0 spiro atoms. The van der Waals surface area contributed by atoms with E-state index in [9.17, 15) is 0 Å². The second kappa shape index (κ2) is 7.55. The number of fused-ring (bicyclic) bond motifs is 15. The van der Waals surface area contributed by atoms with Gasteiger partial charge in [0.2, 0.25) is 0 Å². The number of para-hydroxylation sites is 1. The van der Waals surface area contributed by atoms with Crippen molar-refractivity contribution >= 4 is 60.3 Å². The molecule has 0 saturated carbocycles. The molecule has 41 heavy (non-hydrogen) atoms. The topological polar surface area (TPSA) is 48.0 Å². The van der Waals surface area contributed by atoms with Crippen LogP contribution in [-0.4, -0.2) is 23.9 Å². The molecule has 0 unspecified atom stereocenters. The second-order valence-corrected chi connectivity index (χ2v) is 10.9. The molecule has 5 nitrogen and oxygen atoms in total. The number of rotatable bonds is 1. The summed E-state index contributed by atoms with van der Waals surface area (Å²) >= 11 is 0. The summed E-state index contributed by atoms with van der Waals surface area (Å²) in [6, 6.07) is 35.0. The van der Waals surface area contributed by atoms with Gasteiger partial charge in [-0.15, -0.1) is 0 Å². The zero-order valence-electron chi connectivity index (χ0n) is 21.9. The monoisotopic (exact) mass is 523 g/mol. The van der Waals surface area contributed by atoms with E-state index in [4.69, 9.17) is 9.97 Å². The van der Waals surface area contributed by atoms with Crippen molar-refractivity contribution in [3.63, 3.8) is 0 Å². The van der Waals surface area contributed by atoms with Crippen molar-refractivity contribution in [3.05, 3.63) is 127 Å². The van der Waals surface area contributed by atoms with Gasteiger partial charge < -0.3 is 4.57 Å². The van der Waals surface area contributed by atoms with Crippen LogP contribution in [0.2, 0.25) is 0 Å². The molecule has 190 valence electrons. The number of pyridine rings is 3. The number of benzene rings is 4. The van der Waals surface area contributed by atoms with Gasteiger partial charge in [0.25, 0.3) is 0 Å². The predicted molar refractivity (Wildman–Crippen MR) is 166 cm³/mol. The molecule has 9 aromatic rings. The highest BCUT2D eigenvalue weighted by molar-refractivity contribution is 6.28. The molecule has 1 aliphatic rings. The first-order valence-corrected chi connectivity index (χ1v) is 13.9. The highest BCUT2D eigenvalue weighted by Gasteiger charge is 2.24. The normalized spacial score (nSPS) is 12.8. The Balaban J connectivity index is 1.47. The lowest BCUT2D eigenvalue weighted by Gasteiger charge is -2.13. The number of hydrogen-bond acceptors (Lipinski definition) is 3. The summed E-state index contributed by atoms with van der Waals surface area (Å²) in [4.78, 5) is 14.3. The van der Waals surface area contributed by atoms with Gasteiger partial charge in [-0.25, -0.2) is 9.97 Å². The van der Waals surface area contributed by atoms with Crippen molar-refractivity contribution in [2.24, 2.45) is 0 Å². The van der Waals surface area contributed by atoms with Gasteiger partial charge in [-0.05, 0) is 77.2 Å². The van der Waals surface area contributed by atoms with Crippen molar-refractivity contribution in [2.75, 3.05) is 0 Å². The van der Waals surface area contributed by atoms with Crippen molar-refractivity contribution < 1.29 is 0 Å². The van der Waals surface area contributed by atoms with Crippen LogP contribution in [0.15, 0.2) is 116 Å². The molecule has 0 amide bonds. The summed E-state index contributed by atoms with van der Waals surface area (Å²) in [5.41, 5.74) is 12.6. The molecule has 0 saturated heterocycles. The van der Waals surface area contributed by atoms with Crippen molar-refractivity contribution in [3.8, 4) is 16.8 Å². The summed E-state index contributed by atoms with van der Waals surface area (Å²) < 4.78 is 4.61. The summed E-state index contributed by atoms with van der Waals surface area (Å²) in [6.07, 6.45) is 6.63. The Morgan fingerprint density at radius 1 is 0.610 bits per heavy atom. The second-order valence-electron chi connectivity index (χ2n) is 10.9. The molecule has 0 fully saturated rings. The molecule has 0 radical (unpaired) electrons. The standard InChI is InChI=1S/C36H21N5/c1-2-8-23(9-3-1)40-31-19-28-22(17-21-7-4-5-10-24(21)28)18-29(31)25-12-13-27-33(34(25)40)26-14-16-37-20-32(26)41-35(27)39-30-11-6-15-38-36(30)41/h1-16,18-20H,17H2. The largest absolute Gasteiger partial charge is 0.309 e. The van der Waals surface area contributed by atoms with Crippen LogP contribution in [0.25, 0.3) is 77.1 Å². The quantitative estimate of drug-likeness (QED) is 0.204. The SMILES string of the molecule is c1ccc(-n2c3cc4c(cc3c3ccc5c(c6ccncc6n6c7ncccc7nc56)c32)Cc2ccccc2-4)cc1. The van der Waals surface area contributed by atoms with Gasteiger partial charge in [0.05, 0.1) is 22.7 Å². The average Bonchev–Trinajstić information content (AvgIpc) is 3.70. The van der Waals surface area contributed by atoms with E-state index < -0.39 is 0 Å². The molecule has 10 rings (SSSR count). The molecule has 5 aromatic heterocycles. The van der Waals surface area contributed by atoms with Crippen LogP contribution >= 0.6 is 0 Å². The van der Waals surface area contributed by atoms with E-state index in [1.807, 2.05) is 30.7 Å². The van der Waals surface area contributed by atoms with Crippen LogP contribution < -0.4 is 0 Å². The molecule has 5 heteroatoms. The Labute approximate surface area is 234 Å². The van der Waals surface area contributed by atoms with E-state index in [0.717, 1.165) is 45.2 Å². The van der Waals surface area contributed by atoms with E-state index in [-0.39, 0.29) is 0 Å². The van der Waals surface area contributed by atoms with Gasteiger partial charge in [0.15, 0.2) is 5.65 Å². The fourth-order valence-electron chi connectivity index (χ4n) is 7.14. The van der Waals surface area contributed by atoms with Gasteiger partial charge >= 0.3 is 0 Å². The molecule has 0 N–H and O–H groups in total. The number of aromatic nitrogens is 5. The Kier molecular flexibility index (Phi) is 3.92. The number of imidazole rings is 1. The van der Waals surface area contributed by atoms with E-state index in [0.29, 0.717) is 0 Å². The van der Waals surface area contributed by atoms with Crippen LogP contribution in [-0.2, 0) is 6.42 Å². The molecule has 0 aliphatic heterocycles. The van der Waals surface area contributed by atoms with Crippen LogP contribution in [0.4, 0.5) is 0 Å². The first-order valence-electron chi connectivity index (χ1n) is 13.9. The third-order valence-electron chi connectivity index (χ3n) is 8.82. The first-order chi connectivity index (χ1) is 20.3. The van der Waals surface area contributed by atoms with Gasteiger partial charge in [-0.1, -0.05) is 48.5 Å². The van der Waals surface area contributed by atoms with Crippen LogP contribution in [0.3, 0.4) is 0 Å². The fraction of sp³-hybridized carbons (Fsp3) is 0.0278. The molecular formula is C36H21N5.